The van der Waals surface area contributed by atoms with Gasteiger partial charge < -0.3 is 33.8 Å². The molecule has 0 radical (unpaired) electrons. The summed E-state index contributed by atoms with van der Waals surface area (Å²) < 4.78 is 67.8. The van der Waals surface area contributed by atoms with Crippen LogP contribution in [0.1, 0.15) is 318 Å². The summed E-state index contributed by atoms with van der Waals surface area (Å²) in [6.07, 6.45) is 39.2. The van der Waals surface area contributed by atoms with Gasteiger partial charge in [0.15, 0.2) is 12.2 Å². The SMILES string of the molecule is CCCCCCCCCCCCCC(=O)O[C@H](COC(=O)CCCCCCC)COP(=O)(O)OC[C@H](O)COP(=O)(O)OC[C@@H](COC(=O)CCCCCCCCCCCCC(C)C)OC(=O)CCCCCCCCCCCCCC(C)C. The fourth-order valence-corrected chi connectivity index (χ4v) is 11.1. The summed E-state index contributed by atoms with van der Waals surface area (Å²) >= 11 is 0. The third kappa shape index (κ3) is 58.8. The minimum absolute atomic E-state index is 0.106. The van der Waals surface area contributed by atoms with E-state index in [1.807, 2.05) is 0 Å². The van der Waals surface area contributed by atoms with Gasteiger partial charge in [-0.3, -0.25) is 37.3 Å². The van der Waals surface area contributed by atoms with Crippen molar-refractivity contribution in [1.29, 1.82) is 0 Å². The number of ether oxygens (including phenoxy) is 4. The number of esters is 4. The molecule has 83 heavy (non-hydrogen) atoms. The number of carbonyl (C=O) groups excluding carboxylic acids is 4. The highest BCUT2D eigenvalue weighted by Gasteiger charge is 2.30. The van der Waals surface area contributed by atoms with Crippen molar-refractivity contribution in [3.8, 4) is 0 Å². The first-order valence-electron chi connectivity index (χ1n) is 33.5. The van der Waals surface area contributed by atoms with Crippen LogP contribution in [0.25, 0.3) is 0 Å². The van der Waals surface area contributed by atoms with E-state index in [2.05, 4.69) is 41.5 Å². The monoisotopic (exact) mass is 1230 g/mol. The van der Waals surface area contributed by atoms with Crippen LogP contribution in [-0.2, 0) is 65.4 Å². The largest absolute Gasteiger partial charge is 0.472 e. The lowest BCUT2D eigenvalue weighted by atomic mass is 10.0. The molecule has 0 aliphatic heterocycles. The molecule has 0 saturated carbocycles. The van der Waals surface area contributed by atoms with Crippen molar-refractivity contribution >= 4 is 39.5 Å². The van der Waals surface area contributed by atoms with Crippen molar-refractivity contribution in [2.45, 2.75) is 336 Å². The lowest BCUT2D eigenvalue weighted by molar-refractivity contribution is -0.161. The molecular weight excluding hydrogens is 1100 g/mol. The van der Waals surface area contributed by atoms with Crippen molar-refractivity contribution in [2.24, 2.45) is 11.8 Å². The van der Waals surface area contributed by atoms with Crippen LogP contribution in [0.5, 0.6) is 0 Å². The summed E-state index contributed by atoms with van der Waals surface area (Å²) in [5.74, 6) is -0.619. The van der Waals surface area contributed by atoms with Gasteiger partial charge in [-0.25, -0.2) is 9.13 Å². The molecule has 0 fully saturated rings. The molecule has 5 atom stereocenters. The molecule has 2 unspecified atom stereocenters. The molecule has 0 aromatic carbocycles. The van der Waals surface area contributed by atoms with E-state index in [0.717, 1.165) is 108 Å². The maximum atomic E-state index is 13.0. The zero-order valence-electron chi connectivity index (χ0n) is 53.5. The van der Waals surface area contributed by atoms with E-state index in [1.165, 1.54) is 128 Å². The minimum atomic E-state index is -4.94. The lowest BCUT2D eigenvalue weighted by Gasteiger charge is -2.21. The van der Waals surface area contributed by atoms with Gasteiger partial charge in [-0.15, -0.1) is 0 Å². The maximum Gasteiger partial charge on any atom is 0.472 e. The predicted octanol–water partition coefficient (Wildman–Crippen LogP) is 17.7. The summed E-state index contributed by atoms with van der Waals surface area (Å²) in [5.41, 5.74) is 0. The van der Waals surface area contributed by atoms with E-state index in [9.17, 15) is 43.2 Å². The summed E-state index contributed by atoms with van der Waals surface area (Å²) in [5, 5.41) is 10.5. The Hall–Kier alpha value is -1.94. The first-order chi connectivity index (χ1) is 39.9. The number of carbonyl (C=O) groups is 4. The Bertz CT molecular complexity index is 1630. The Kier molecular flexibility index (Phi) is 55.2. The van der Waals surface area contributed by atoms with Gasteiger partial charge >= 0.3 is 39.5 Å². The highest BCUT2D eigenvalue weighted by atomic mass is 31.2. The second-order valence-corrected chi connectivity index (χ2v) is 27.0. The standard InChI is InChI=1S/C64H124O17P2/c1-7-9-11-13-14-15-17-25-30-36-42-48-63(68)80-59(52-74-61(66)46-40-32-12-10-8-2)54-78-82(70,71)76-50-58(65)51-77-83(72,73)79-55-60(53-75-62(67)47-41-35-29-24-21-20-23-28-34-39-45-57(5)6)81-64(69)49-43-37-31-26-19-16-18-22-27-33-38-44-56(3)4/h56-60,65H,7-55H2,1-6H3,(H,70,71)(H,72,73)/t58-,59+,60+/m0/s1. The van der Waals surface area contributed by atoms with Crippen LogP contribution in [0.3, 0.4) is 0 Å². The van der Waals surface area contributed by atoms with Crippen LogP contribution in [0, 0.1) is 11.8 Å². The molecule has 0 amide bonds. The molecule has 3 N–H and O–H groups in total. The molecule has 0 aliphatic carbocycles. The number of hydrogen-bond acceptors (Lipinski definition) is 15. The summed E-state index contributed by atoms with van der Waals surface area (Å²) in [4.78, 5) is 72.0. The third-order valence-electron chi connectivity index (χ3n) is 14.7. The van der Waals surface area contributed by atoms with Crippen LogP contribution < -0.4 is 0 Å². The van der Waals surface area contributed by atoms with Gasteiger partial charge in [0.1, 0.15) is 19.3 Å². The summed E-state index contributed by atoms with van der Waals surface area (Å²) in [6, 6.07) is 0. The summed E-state index contributed by atoms with van der Waals surface area (Å²) in [7, 11) is -9.88. The van der Waals surface area contributed by atoms with E-state index in [0.29, 0.717) is 25.7 Å². The molecule has 0 aromatic rings. The number of aliphatic hydroxyl groups excluding tert-OH is 1. The number of phosphoric acid groups is 2. The van der Waals surface area contributed by atoms with Gasteiger partial charge in [-0.1, -0.05) is 266 Å². The maximum absolute atomic E-state index is 13.0. The second-order valence-electron chi connectivity index (χ2n) is 24.1. The van der Waals surface area contributed by atoms with Gasteiger partial charge in [0.05, 0.1) is 26.4 Å². The van der Waals surface area contributed by atoms with Crippen LogP contribution in [0.4, 0.5) is 0 Å². The fourth-order valence-electron chi connectivity index (χ4n) is 9.53. The van der Waals surface area contributed by atoms with E-state index in [-0.39, 0.29) is 25.7 Å². The highest BCUT2D eigenvalue weighted by molar-refractivity contribution is 7.47. The van der Waals surface area contributed by atoms with Crippen molar-refractivity contribution in [3.05, 3.63) is 0 Å². The Labute approximate surface area is 505 Å². The van der Waals surface area contributed by atoms with Crippen molar-refractivity contribution in [3.63, 3.8) is 0 Å². The van der Waals surface area contributed by atoms with Crippen molar-refractivity contribution < 1.29 is 80.2 Å². The Morgan fingerprint density at radius 1 is 0.325 bits per heavy atom. The molecule has 19 heteroatoms. The van der Waals surface area contributed by atoms with E-state index in [4.69, 9.17) is 37.0 Å². The topological polar surface area (TPSA) is 237 Å². The van der Waals surface area contributed by atoms with E-state index in [1.54, 1.807) is 0 Å². The molecule has 0 aliphatic rings. The van der Waals surface area contributed by atoms with Crippen LogP contribution in [-0.4, -0.2) is 96.7 Å². The Balaban J connectivity index is 5.18. The van der Waals surface area contributed by atoms with Crippen LogP contribution >= 0.6 is 15.6 Å². The third-order valence-corrected chi connectivity index (χ3v) is 16.6. The highest BCUT2D eigenvalue weighted by Crippen LogP contribution is 2.45. The molecular formula is C64H124O17P2. The van der Waals surface area contributed by atoms with Crippen molar-refractivity contribution in [1.82, 2.24) is 0 Å². The first-order valence-corrected chi connectivity index (χ1v) is 36.5. The Morgan fingerprint density at radius 3 is 0.819 bits per heavy atom. The van der Waals surface area contributed by atoms with Crippen LogP contribution in [0.15, 0.2) is 0 Å². The average molecular weight is 1230 g/mol. The molecule has 492 valence electrons. The number of hydrogen-bond donors (Lipinski definition) is 3. The van der Waals surface area contributed by atoms with Crippen LogP contribution in [0.2, 0.25) is 0 Å². The predicted molar refractivity (Wildman–Crippen MR) is 331 cm³/mol. The fraction of sp³-hybridized carbons (Fsp3) is 0.938. The number of phosphoric ester groups is 2. The molecule has 17 nitrogen and oxygen atoms in total. The smallest absolute Gasteiger partial charge is 0.462 e. The van der Waals surface area contributed by atoms with E-state index >= 15 is 0 Å². The molecule has 0 aromatic heterocycles. The second kappa shape index (κ2) is 56.6. The first kappa shape index (κ1) is 81.1. The van der Waals surface area contributed by atoms with Crippen molar-refractivity contribution in [2.75, 3.05) is 39.6 Å². The zero-order chi connectivity index (χ0) is 61.5. The van der Waals surface area contributed by atoms with Gasteiger partial charge in [0.2, 0.25) is 0 Å². The normalized spacial score (nSPS) is 14.3. The number of unbranched alkanes of at least 4 members (excludes halogenated alkanes) is 33. The van der Waals surface area contributed by atoms with Gasteiger partial charge in [-0.2, -0.15) is 0 Å². The molecule has 0 spiro atoms. The molecule has 0 heterocycles. The number of aliphatic hydroxyl groups is 1. The molecule has 0 rings (SSSR count). The van der Waals surface area contributed by atoms with Gasteiger partial charge in [-0.05, 0) is 37.5 Å². The number of rotatable bonds is 63. The molecule has 0 bridgehead atoms. The zero-order valence-corrected chi connectivity index (χ0v) is 55.3. The van der Waals surface area contributed by atoms with Gasteiger partial charge in [0.25, 0.3) is 0 Å². The quantitative estimate of drug-likeness (QED) is 0.0222. The molecule has 0 saturated heterocycles. The van der Waals surface area contributed by atoms with Gasteiger partial charge in [0, 0.05) is 25.7 Å². The lowest BCUT2D eigenvalue weighted by Crippen LogP contribution is -2.30. The minimum Gasteiger partial charge on any atom is -0.462 e. The van der Waals surface area contributed by atoms with E-state index < -0.39 is 97.5 Å². The summed E-state index contributed by atoms with van der Waals surface area (Å²) in [6.45, 7) is 9.40. The Morgan fingerprint density at radius 2 is 0.554 bits per heavy atom. The average Bonchev–Trinajstić information content (AvgIpc) is 3.45.